The number of nitrogens with one attached hydrogen (secondary N) is 1. The van der Waals surface area contributed by atoms with Crippen LogP contribution in [0.3, 0.4) is 0 Å². The average molecular weight is 256 g/mol. The molecule has 0 aromatic carbocycles. The van der Waals surface area contributed by atoms with Gasteiger partial charge in [0.1, 0.15) is 0 Å². The molecule has 0 spiro atoms. The Kier molecular flexibility index (Phi) is 3.49. The smallest absolute Gasteiger partial charge is 0.322 e. The third-order valence-corrected chi connectivity index (χ3v) is 3.24. The quantitative estimate of drug-likeness (QED) is 0.611. The molecule has 0 fully saturated rings. The fraction of sp³-hybridized carbons (Fsp3) is 0.143. The molecule has 0 aliphatic heterocycles. The van der Waals surface area contributed by atoms with Gasteiger partial charge in [-0.05, 0) is 11.8 Å². The number of aromatic nitrogens is 4. The van der Waals surface area contributed by atoms with Gasteiger partial charge in [-0.15, -0.1) is 11.3 Å². The molecular weight excluding hydrogens is 248 g/mol. The van der Waals surface area contributed by atoms with Gasteiger partial charge in [0.25, 0.3) is 0 Å². The molecule has 7 nitrogen and oxygen atoms in total. The highest BCUT2D eigenvalue weighted by molar-refractivity contribution is 8.00. The molecule has 0 unspecified atom stereocenters. The first-order valence-corrected chi connectivity index (χ1v) is 5.85. The van der Waals surface area contributed by atoms with Gasteiger partial charge < -0.3 is 4.74 Å². The van der Waals surface area contributed by atoms with Crippen molar-refractivity contribution < 1.29 is 4.74 Å². The maximum Gasteiger partial charge on any atom is 0.322 e. The number of hydrogen-bond donors (Lipinski definition) is 2. The van der Waals surface area contributed by atoms with Crippen LogP contribution in [0, 0.1) is 0 Å². The third kappa shape index (κ3) is 2.56. The van der Waals surface area contributed by atoms with Gasteiger partial charge in [-0.25, -0.2) is 10.8 Å². The van der Waals surface area contributed by atoms with Gasteiger partial charge in [0.15, 0.2) is 4.34 Å². The van der Waals surface area contributed by atoms with Crippen LogP contribution in [-0.4, -0.2) is 27.0 Å². The lowest BCUT2D eigenvalue weighted by Crippen LogP contribution is -2.12. The van der Waals surface area contributed by atoms with E-state index in [4.69, 9.17) is 10.6 Å². The number of rotatable bonds is 4. The molecule has 0 saturated carbocycles. The third-order valence-electron chi connectivity index (χ3n) is 1.49. The molecule has 0 aliphatic carbocycles. The largest absolute Gasteiger partial charge is 0.467 e. The van der Waals surface area contributed by atoms with E-state index in [2.05, 4.69) is 25.4 Å². The highest BCUT2D eigenvalue weighted by Gasteiger charge is 2.08. The summed E-state index contributed by atoms with van der Waals surface area (Å²) in [6.45, 7) is 0. The molecule has 84 valence electrons. The van der Waals surface area contributed by atoms with Crippen molar-refractivity contribution in [2.45, 2.75) is 9.50 Å². The van der Waals surface area contributed by atoms with Crippen LogP contribution in [0.5, 0.6) is 6.01 Å². The average Bonchev–Trinajstić information content (AvgIpc) is 2.81. The molecule has 0 bridgehead atoms. The summed E-state index contributed by atoms with van der Waals surface area (Å²) < 4.78 is 5.77. The molecule has 9 heteroatoms. The number of nitrogens with zero attached hydrogens (tertiary/aromatic N) is 4. The van der Waals surface area contributed by atoms with Crippen molar-refractivity contribution in [3.63, 3.8) is 0 Å². The molecule has 2 rings (SSSR count). The van der Waals surface area contributed by atoms with Crippen LogP contribution in [0.15, 0.2) is 21.1 Å². The van der Waals surface area contributed by atoms with Crippen LogP contribution < -0.4 is 16.0 Å². The molecule has 0 saturated heterocycles. The number of thiazole rings is 1. The van der Waals surface area contributed by atoms with Gasteiger partial charge in [-0.1, -0.05) is 0 Å². The molecule has 16 heavy (non-hydrogen) atoms. The van der Waals surface area contributed by atoms with Gasteiger partial charge in [-0.2, -0.15) is 15.0 Å². The lowest BCUT2D eigenvalue weighted by Gasteiger charge is -2.03. The minimum Gasteiger partial charge on any atom is -0.467 e. The standard InChI is InChI=1S/C7H8N6OS2/c1-14-5-10-4(13-8)11-6(12-5)16-7-9-2-3-15-7/h2-3H,8H2,1H3,(H,10,11,12,13). The summed E-state index contributed by atoms with van der Waals surface area (Å²) in [4.78, 5) is 16.1. The first-order valence-electron chi connectivity index (χ1n) is 4.16. The normalized spacial score (nSPS) is 10.1. The fourth-order valence-corrected chi connectivity index (χ4v) is 2.35. The minimum atomic E-state index is 0.210. The zero-order valence-corrected chi connectivity index (χ0v) is 9.88. The van der Waals surface area contributed by atoms with Crippen LogP contribution in [-0.2, 0) is 0 Å². The van der Waals surface area contributed by atoms with E-state index in [9.17, 15) is 0 Å². The molecule has 0 atom stereocenters. The second-order valence-corrected chi connectivity index (χ2v) is 4.58. The van der Waals surface area contributed by atoms with Crippen molar-refractivity contribution in [2.24, 2.45) is 5.84 Å². The zero-order valence-electron chi connectivity index (χ0n) is 8.25. The van der Waals surface area contributed by atoms with Gasteiger partial charge in [0.05, 0.1) is 7.11 Å². The SMILES string of the molecule is COc1nc(NN)nc(Sc2nccs2)n1. The van der Waals surface area contributed by atoms with E-state index < -0.39 is 0 Å². The summed E-state index contributed by atoms with van der Waals surface area (Å²) in [5.74, 6) is 5.49. The number of nitrogens with two attached hydrogens (primary N) is 1. The summed E-state index contributed by atoms with van der Waals surface area (Å²) in [5, 5.41) is 2.36. The summed E-state index contributed by atoms with van der Waals surface area (Å²) >= 11 is 2.83. The molecule has 2 aromatic rings. The van der Waals surface area contributed by atoms with Crippen molar-refractivity contribution in [3.8, 4) is 6.01 Å². The first kappa shape index (κ1) is 11.0. The van der Waals surface area contributed by atoms with E-state index in [1.165, 1.54) is 30.2 Å². The van der Waals surface area contributed by atoms with E-state index in [0.717, 1.165) is 4.34 Å². The molecule has 2 aromatic heterocycles. The van der Waals surface area contributed by atoms with Gasteiger partial charge in [0.2, 0.25) is 11.1 Å². The van der Waals surface area contributed by atoms with Crippen LogP contribution in [0.4, 0.5) is 5.95 Å². The lowest BCUT2D eigenvalue weighted by atomic mass is 10.9. The van der Waals surface area contributed by atoms with Crippen molar-refractivity contribution in [3.05, 3.63) is 11.6 Å². The number of methoxy groups -OCH3 is 1. The lowest BCUT2D eigenvalue weighted by molar-refractivity contribution is 0.373. The van der Waals surface area contributed by atoms with Crippen molar-refractivity contribution in [2.75, 3.05) is 12.5 Å². The van der Waals surface area contributed by atoms with Crippen LogP contribution in [0.2, 0.25) is 0 Å². The Morgan fingerprint density at radius 2 is 2.31 bits per heavy atom. The van der Waals surface area contributed by atoms with Crippen molar-refractivity contribution in [1.82, 2.24) is 19.9 Å². The Morgan fingerprint density at radius 3 is 2.94 bits per heavy atom. The highest BCUT2D eigenvalue weighted by Crippen LogP contribution is 2.27. The number of hydrogen-bond acceptors (Lipinski definition) is 9. The molecule has 0 aliphatic rings. The number of anilines is 1. The highest BCUT2D eigenvalue weighted by atomic mass is 32.2. The van der Waals surface area contributed by atoms with E-state index in [1.54, 1.807) is 6.20 Å². The number of nitrogen functional groups attached to an aromatic ring is 1. The van der Waals surface area contributed by atoms with Gasteiger partial charge in [-0.3, -0.25) is 5.43 Å². The van der Waals surface area contributed by atoms with Crippen molar-refractivity contribution >= 4 is 29.0 Å². The maximum atomic E-state index is 5.24. The second-order valence-electron chi connectivity index (χ2n) is 2.47. The molecule has 3 N–H and O–H groups in total. The van der Waals surface area contributed by atoms with Crippen LogP contribution in [0.25, 0.3) is 0 Å². The number of ether oxygens (including phenoxy) is 1. The Balaban J connectivity index is 2.26. The second kappa shape index (κ2) is 5.05. The zero-order chi connectivity index (χ0) is 11.4. The Bertz CT molecular complexity index is 440. The Hall–Kier alpha value is -1.45. The monoisotopic (exact) mass is 256 g/mol. The van der Waals surface area contributed by atoms with Gasteiger partial charge >= 0.3 is 6.01 Å². The van der Waals surface area contributed by atoms with Crippen LogP contribution >= 0.6 is 23.1 Å². The van der Waals surface area contributed by atoms with Gasteiger partial charge in [0, 0.05) is 11.6 Å². The molecule has 0 radical (unpaired) electrons. The number of hydrazine groups is 1. The predicted molar refractivity (Wildman–Crippen MR) is 60.4 cm³/mol. The summed E-state index contributed by atoms with van der Waals surface area (Å²) in [6.07, 6.45) is 1.72. The van der Waals surface area contributed by atoms with Crippen LogP contribution in [0.1, 0.15) is 0 Å². The Labute approximate surface area is 99.5 Å². The van der Waals surface area contributed by atoms with E-state index >= 15 is 0 Å². The van der Waals surface area contributed by atoms with Crippen molar-refractivity contribution in [1.29, 1.82) is 0 Å². The summed E-state index contributed by atoms with van der Waals surface area (Å²) in [6, 6.07) is 0.210. The molecule has 0 amide bonds. The minimum absolute atomic E-state index is 0.210. The van der Waals surface area contributed by atoms with E-state index in [0.29, 0.717) is 5.16 Å². The Morgan fingerprint density at radius 1 is 1.44 bits per heavy atom. The summed E-state index contributed by atoms with van der Waals surface area (Å²) in [7, 11) is 1.48. The predicted octanol–water partition coefficient (Wildman–Crippen LogP) is 0.773. The van der Waals surface area contributed by atoms with E-state index in [-0.39, 0.29) is 12.0 Å². The molecular formula is C7H8N6OS2. The maximum absolute atomic E-state index is 5.24. The first-order chi connectivity index (χ1) is 7.81. The summed E-state index contributed by atoms with van der Waals surface area (Å²) in [5.41, 5.74) is 2.35. The van der Waals surface area contributed by atoms with E-state index in [1.807, 2.05) is 5.38 Å². The molecule has 2 heterocycles. The fourth-order valence-electron chi connectivity index (χ4n) is 0.878. The topological polar surface area (TPSA) is 98.8 Å².